The third-order valence-electron chi connectivity index (χ3n) is 2.41. The number of rotatable bonds is 5. The molecule has 5 heteroatoms. The molecular formula is C12H15N3OS. The van der Waals surface area contributed by atoms with Gasteiger partial charge in [-0.25, -0.2) is 0 Å². The molecule has 0 aromatic carbocycles. The van der Waals surface area contributed by atoms with E-state index in [0.717, 1.165) is 16.9 Å². The SMILES string of the molecule is Cn1cc(CCNC(=O)Cc2cccs2)cn1. The average Bonchev–Trinajstić information content (AvgIpc) is 2.90. The molecule has 0 radical (unpaired) electrons. The molecule has 0 aliphatic heterocycles. The summed E-state index contributed by atoms with van der Waals surface area (Å²) in [4.78, 5) is 12.7. The summed E-state index contributed by atoms with van der Waals surface area (Å²) < 4.78 is 1.77. The van der Waals surface area contributed by atoms with Gasteiger partial charge in [0.2, 0.25) is 5.91 Å². The second kappa shape index (κ2) is 5.63. The first kappa shape index (κ1) is 11.9. The lowest BCUT2D eigenvalue weighted by atomic mass is 10.2. The molecule has 90 valence electrons. The van der Waals surface area contributed by atoms with Crippen LogP contribution in [-0.2, 0) is 24.7 Å². The lowest BCUT2D eigenvalue weighted by Gasteiger charge is -2.02. The molecule has 17 heavy (non-hydrogen) atoms. The van der Waals surface area contributed by atoms with E-state index in [1.807, 2.05) is 37.0 Å². The lowest BCUT2D eigenvalue weighted by molar-refractivity contribution is -0.120. The van der Waals surface area contributed by atoms with Crippen LogP contribution in [0.1, 0.15) is 10.4 Å². The van der Waals surface area contributed by atoms with Gasteiger partial charge in [-0.3, -0.25) is 9.48 Å². The highest BCUT2D eigenvalue weighted by Gasteiger charge is 2.03. The van der Waals surface area contributed by atoms with E-state index in [-0.39, 0.29) is 5.91 Å². The van der Waals surface area contributed by atoms with Gasteiger partial charge in [0.25, 0.3) is 0 Å². The van der Waals surface area contributed by atoms with Gasteiger partial charge < -0.3 is 5.32 Å². The highest BCUT2D eigenvalue weighted by Crippen LogP contribution is 2.08. The molecule has 0 saturated carbocycles. The fourth-order valence-electron chi connectivity index (χ4n) is 1.58. The molecule has 2 aromatic heterocycles. The molecule has 0 saturated heterocycles. The van der Waals surface area contributed by atoms with Crippen LogP contribution in [0.5, 0.6) is 0 Å². The van der Waals surface area contributed by atoms with E-state index < -0.39 is 0 Å². The van der Waals surface area contributed by atoms with E-state index in [4.69, 9.17) is 0 Å². The van der Waals surface area contributed by atoms with Crippen LogP contribution in [0.3, 0.4) is 0 Å². The number of aryl methyl sites for hydroxylation is 1. The van der Waals surface area contributed by atoms with Crippen LogP contribution >= 0.6 is 11.3 Å². The maximum atomic E-state index is 11.6. The highest BCUT2D eigenvalue weighted by molar-refractivity contribution is 7.10. The number of amides is 1. The molecule has 4 nitrogen and oxygen atoms in total. The van der Waals surface area contributed by atoms with Crippen molar-refractivity contribution in [3.63, 3.8) is 0 Å². The van der Waals surface area contributed by atoms with Crippen LogP contribution in [0.2, 0.25) is 0 Å². The van der Waals surface area contributed by atoms with Crippen molar-refractivity contribution in [3.8, 4) is 0 Å². The summed E-state index contributed by atoms with van der Waals surface area (Å²) in [5.41, 5.74) is 1.14. The van der Waals surface area contributed by atoms with Gasteiger partial charge in [0.1, 0.15) is 0 Å². The smallest absolute Gasteiger partial charge is 0.225 e. The number of carbonyl (C=O) groups is 1. The summed E-state index contributed by atoms with van der Waals surface area (Å²) >= 11 is 1.61. The standard InChI is InChI=1S/C12H15N3OS/c1-15-9-10(8-14-15)4-5-13-12(16)7-11-3-2-6-17-11/h2-3,6,8-9H,4-5,7H2,1H3,(H,13,16). The number of nitrogens with one attached hydrogen (secondary N) is 1. The first-order chi connectivity index (χ1) is 8.24. The van der Waals surface area contributed by atoms with E-state index in [0.29, 0.717) is 13.0 Å². The van der Waals surface area contributed by atoms with E-state index in [1.165, 1.54) is 0 Å². The number of thiophene rings is 1. The molecule has 2 rings (SSSR count). The maximum absolute atomic E-state index is 11.6. The summed E-state index contributed by atoms with van der Waals surface area (Å²) in [5.74, 6) is 0.0799. The van der Waals surface area contributed by atoms with Crippen molar-refractivity contribution in [1.29, 1.82) is 0 Å². The quantitative estimate of drug-likeness (QED) is 0.870. The number of carbonyl (C=O) groups excluding carboxylic acids is 1. The Balaban J connectivity index is 1.70. The van der Waals surface area contributed by atoms with Crippen LogP contribution in [0.15, 0.2) is 29.9 Å². The average molecular weight is 249 g/mol. The van der Waals surface area contributed by atoms with Crippen molar-refractivity contribution < 1.29 is 4.79 Å². The van der Waals surface area contributed by atoms with Crippen molar-refractivity contribution in [2.75, 3.05) is 6.54 Å². The molecule has 0 aliphatic carbocycles. The Morgan fingerprint density at radius 2 is 2.47 bits per heavy atom. The summed E-state index contributed by atoms with van der Waals surface area (Å²) in [6.07, 6.45) is 5.09. The number of hydrogen-bond acceptors (Lipinski definition) is 3. The van der Waals surface area contributed by atoms with Gasteiger partial charge >= 0.3 is 0 Å². The first-order valence-electron chi connectivity index (χ1n) is 5.50. The molecule has 2 aromatic rings. The van der Waals surface area contributed by atoms with Gasteiger partial charge in [0.15, 0.2) is 0 Å². The van der Waals surface area contributed by atoms with E-state index >= 15 is 0 Å². The minimum Gasteiger partial charge on any atom is -0.355 e. The summed E-state index contributed by atoms with van der Waals surface area (Å²) in [6, 6.07) is 3.94. The number of aromatic nitrogens is 2. The molecule has 0 spiro atoms. The van der Waals surface area contributed by atoms with E-state index in [9.17, 15) is 4.79 Å². The van der Waals surface area contributed by atoms with Crippen molar-refractivity contribution in [1.82, 2.24) is 15.1 Å². The predicted octanol–water partition coefficient (Wildman–Crippen LogP) is 1.38. The van der Waals surface area contributed by atoms with Crippen molar-refractivity contribution >= 4 is 17.2 Å². The minimum absolute atomic E-state index is 0.0799. The molecule has 0 fully saturated rings. The van der Waals surface area contributed by atoms with Crippen LogP contribution in [0, 0.1) is 0 Å². The molecule has 0 bridgehead atoms. The maximum Gasteiger partial charge on any atom is 0.225 e. The zero-order valence-electron chi connectivity index (χ0n) is 9.72. The molecule has 0 unspecified atom stereocenters. The van der Waals surface area contributed by atoms with Gasteiger partial charge in [0, 0.05) is 24.7 Å². The molecule has 2 heterocycles. The number of nitrogens with zero attached hydrogens (tertiary/aromatic N) is 2. The lowest BCUT2D eigenvalue weighted by Crippen LogP contribution is -2.26. The van der Waals surface area contributed by atoms with Crippen molar-refractivity contribution in [2.45, 2.75) is 12.8 Å². The third-order valence-corrected chi connectivity index (χ3v) is 3.29. The Bertz CT molecular complexity index is 476. The van der Waals surface area contributed by atoms with Crippen LogP contribution in [0.4, 0.5) is 0 Å². The first-order valence-corrected chi connectivity index (χ1v) is 6.38. The van der Waals surface area contributed by atoms with Crippen LogP contribution in [0.25, 0.3) is 0 Å². The summed E-state index contributed by atoms with van der Waals surface area (Å²) in [7, 11) is 1.89. The van der Waals surface area contributed by atoms with Crippen LogP contribution < -0.4 is 5.32 Å². The molecule has 0 atom stereocenters. The zero-order chi connectivity index (χ0) is 12.1. The monoisotopic (exact) mass is 249 g/mol. The Morgan fingerprint density at radius 3 is 3.12 bits per heavy atom. The Morgan fingerprint density at radius 1 is 1.59 bits per heavy atom. The Kier molecular flexibility index (Phi) is 3.93. The topological polar surface area (TPSA) is 46.9 Å². The molecular weight excluding hydrogens is 234 g/mol. The van der Waals surface area contributed by atoms with E-state index in [1.54, 1.807) is 16.0 Å². The number of hydrogen-bond donors (Lipinski definition) is 1. The fraction of sp³-hybridized carbons (Fsp3) is 0.333. The summed E-state index contributed by atoms with van der Waals surface area (Å²) in [6.45, 7) is 0.663. The second-order valence-corrected chi connectivity index (χ2v) is 4.91. The van der Waals surface area contributed by atoms with Crippen LogP contribution in [-0.4, -0.2) is 22.2 Å². The van der Waals surface area contributed by atoms with Crippen molar-refractivity contribution in [2.24, 2.45) is 7.05 Å². The third kappa shape index (κ3) is 3.71. The van der Waals surface area contributed by atoms with Gasteiger partial charge in [-0.2, -0.15) is 5.10 Å². The van der Waals surface area contributed by atoms with Gasteiger partial charge in [-0.05, 0) is 23.4 Å². The Labute approximate surface area is 104 Å². The van der Waals surface area contributed by atoms with E-state index in [2.05, 4.69) is 10.4 Å². The van der Waals surface area contributed by atoms with Crippen molar-refractivity contribution in [3.05, 3.63) is 40.3 Å². The highest BCUT2D eigenvalue weighted by atomic mass is 32.1. The normalized spacial score (nSPS) is 10.4. The Hall–Kier alpha value is -1.62. The molecule has 1 amide bonds. The largest absolute Gasteiger partial charge is 0.355 e. The predicted molar refractivity (Wildman–Crippen MR) is 67.9 cm³/mol. The van der Waals surface area contributed by atoms with Gasteiger partial charge in [-0.15, -0.1) is 11.3 Å². The second-order valence-electron chi connectivity index (χ2n) is 3.88. The van der Waals surface area contributed by atoms with Gasteiger partial charge in [0.05, 0.1) is 12.6 Å². The molecule has 1 N–H and O–H groups in total. The summed E-state index contributed by atoms with van der Waals surface area (Å²) in [5, 5.41) is 8.97. The minimum atomic E-state index is 0.0799. The zero-order valence-corrected chi connectivity index (χ0v) is 10.5. The fourth-order valence-corrected chi connectivity index (χ4v) is 2.28. The van der Waals surface area contributed by atoms with Gasteiger partial charge in [-0.1, -0.05) is 6.07 Å². The molecule has 0 aliphatic rings.